The van der Waals surface area contributed by atoms with E-state index < -0.39 is 5.78 Å². The smallest absolute Gasteiger partial charge is 0.279 e. The van der Waals surface area contributed by atoms with Gasteiger partial charge in [0.1, 0.15) is 5.75 Å². The van der Waals surface area contributed by atoms with Gasteiger partial charge in [-0.2, -0.15) is 5.10 Å². The van der Waals surface area contributed by atoms with Gasteiger partial charge < -0.3 is 5.11 Å². The molecule has 0 radical (unpaired) electrons. The van der Waals surface area contributed by atoms with Crippen LogP contribution in [0.15, 0.2) is 55.1 Å². The summed E-state index contributed by atoms with van der Waals surface area (Å²) >= 11 is 0. The number of phenols is 1. The van der Waals surface area contributed by atoms with Crippen molar-refractivity contribution in [1.29, 1.82) is 0 Å². The van der Waals surface area contributed by atoms with Gasteiger partial charge in [0.05, 0.1) is 22.9 Å². The average Bonchev–Trinajstić information content (AvgIpc) is 3.06. The molecule has 0 bridgehead atoms. The summed E-state index contributed by atoms with van der Waals surface area (Å²) in [7, 11) is 0. The van der Waals surface area contributed by atoms with E-state index in [4.69, 9.17) is 0 Å². The van der Waals surface area contributed by atoms with Crippen molar-refractivity contribution in [1.82, 2.24) is 14.8 Å². The summed E-state index contributed by atoms with van der Waals surface area (Å²) < 4.78 is 1.08. The maximum Gasteiger partial charge on any atom is 0.279 e. The largest absolute Gasteiger partial charge is 0.507 e. The minimum atomic E-state index is -0.392. The molecule has 6 heteroatoms. The molecule has 3 rings (SSSR count). The Balaban J connectivity index is 1.91. The molecule has 23 heavy (non-hydrogen) atoms. The quantitative estimate of drug-likeness (QED) is 0.750. The Morgan fingerprint density at radius 1 is 1.13 bits per heavy atom. The van der Waals surface area contributed by atoms with Gasteiger partial charge in [0, 0.05) is 18.6 Å². The number of ketones is 1. The Hall–Kier alpha value is -3.28. The number of phenolic OH excluding ortho intramolecular Hbond substituents is 1. The molecule has 6 nitrogen and oxygen atoms in total. The Morgan fingerprint density at radius 3 is 2.70 bits per heavy atom. The molecule has 0 amide bonds. The Labute approximate surface area is 132 Å². The summed E-state index contributed by atoms with van der Waals surface area (Å²) in [6.45, 7) is 1.82. The fourth-order valence-corrected chi connectivity index (χ4v) is 2.16. The second-order valence-corrected chi connectivity index (χ2v) is 5.07. The van der Waals surface area contributed by atoms with Crippen LogP contribution in [0.25, 0.3) is 0 Å². The van der Waals surface area contributed by atoms with Crippen LogP contribution in [0.5, 0.6) is 5.75 Å². The molecule has 1 N–H and O–H groups in total. The normalized spacial score (nSPS) is 10.5. The lowest BCUT2D eigenvalue weighted by Crippen LogP contribution is -2.12. The maximum atomic E-state index is 12.5. The van der Waals surface area contributed by atoms with Gasteiger partial charge in [0.2, 0.25) is 0 Å². The summed E-state index contributed by atoms with van der Waals surface area (Å²) in [5, 5.41) is 13.8. The van der Waals surface area contributed by atoms with Crippen molar-refractivity contribution in [2.24, 2.45) is 0 Å². The van der Waals surface area contributed by atoms with E-state index in [1.54, 1.807) is 30.5 Å². The molecule has 114 valence electrons. The maximum absolute atomic E-state index is 12.5. The molecular formula is C17H13N3O3. The molecule has 0 saturated heterocycles. The second-order valence-electron chi connectivity index (χ2n) is 5.07. The third-order valence-corrected chi connectivity index (χ3v) is 3.36. The van der Waals surface area contributed by atoms with E-state index in [0.29, 0.717) is 5.56 Å². The Bertz CT molecular complexity index is 885. The number of carbonyl (C=O) groups is 2. The van der Waals surface area contributed by atoms with Gasteiger partial charge in [-0.05, 0) is 31.2 Å². The van der Waals surface area contributed by atoms with E-state index in [1.807, 2.05) is 6.92 Å². The number of aromatic hydroxyl groups is 1. The van der Waals surface area contributed by atoms with Gasteiger partial charge in [0.25, 0.3) is 5.91 Å². The van der Waals surface area contributed by atoms with E-state index in [9.17, 15) is 14.7 Å². The Kier molecular flexibility index (Phi) is 3.72. The monoisotopic (exact) mass is 307 g/mol. The topological polar surface area (TPSA) is 85.1 Å². The molecule has 2 aromatic heterocycles. The van der Waals surface area contributed by atoms with Crippen LogP contribution >= 0.6 is 0 Å². The fraction of sp³-hybridized carbons (Fsp3) is 0.0588. The van der Waals surface area contributed by atoms with Crippen LogP contribution in [0.1, 0.15) is 31.8 Å². The molecule has 0 saturated carbocycles. The number of pyridine rings is 1. The standard InChI is InChI=1S/C17H13N3O3/c1-11-4-5-15(21)14(7-11)16(22)13-9-19-20(10-13)17(23)12-3-2-6-18-8-12/h2-10,21H,1H3. The van der Waals surface area contributed by atoms with Crippen molar-refractivity contribution in [2.45, 2.75) is 6.92 Å². The zero-order valence-electron chi connectivity index (χ0n) is 12.3. The minimum Gasteiger partial charge on any atom is -0.507 e. The third-order valence-electron chi connectivity index (χ3n) is 3.36. The molecule has 0 atom stereocenters. The minimum absolute atomic E-state index is 0.105. The lowest BCUT2D eigenvalue weighted by atomic mass is 10.0. The SMILES string of the molecule is Cc1ccc(O)c(C(=O)c2cnn(C(=O)c3cccnc3)c2)c1. The summed E-state index contributed by atoms with van der Waals surface area (Å²) in [5.74, 6) is -0.881. The number of hydrogen-bond donors (Lipinski definition) is 1. The molecule has 2 heterocycles. The zero-order valence-corrected chi connectivity index (χ0v) is 12.3. The first kappa shape index (κ1) is 14.6. The van der Waals surface area contributed by atoms with Crippen molar-refractivity contribution in [3.05, 3.63) is 77.4 Å². The molecule has 0 aliphatic heterocycles. The lowest BCUT2D eigenvalue weighted by molar-refractivity contribution is 0.0944. The van der Waals surface area contributed by atoms with E-state index in [-0.39, 0.29) is 22.8 Å². The molecule has 0 fully saturated rings. The van der Waals surface area contributed by atoms with Crippen LogP contribution < -0.4 is 0 Å². The molecule has 0 spiro atoms. The Morgan fingerprint density at radius 2 is 1.96 bits per heavy atom. The average molecular weight is 307 g/mol. The van der Waals surface area contributed by atoms with E-state index in [2.05, 4.69) is 10.1 Å². The first-order valence-electron chi connectivity index (χ1n) is 6.90. The first-order chi connectivity index (χ1) is 11.1. The van der Waals surface area contributed by atoms with Gasteiger partial charge in [-0.25, -0.2) is 4.68 Å². The van der Waals surface area contributed by atoms with E-state index in [1.165, 1.54) is 24.7 Å². The number of aromatic nitrogens is 3. The third kappa shape index (κ3) is 2.87. The summed E-state index contributed by atoms with van der Waals surface area (Å²) in [6, 6.07) is 8.03. The lowest BCUT2D eigenvalue weighted by Gasteiger charge is -2.03. The number of nitrogens with zero attached hydrogens (tertiary/aromatic N) is 3. The molecule has 3 aromatic rings. The predicted octanol–water partition coefficient (Wildman–Crippen LogP) is 2.21. The van der Waals surface area contributed by atoms with Gasteiger partial charge >= 0.3 is 0 Å². The van der Waals surface area contributed by atoms with Crippen LogP contribution in [0, 0.1) is 6.92 Å². The van der Waals surface area contributed by atoms with Crippen LogP contribution in [0.2, 0.25) is 0 Å². The van der Waals surface area contributed by atoms with Gasteiger partial charge in [-0.1, -0.05) is 11.6 Å². The van der Waals surface area contributed by atoms with Crippen molar-refractivity contribution in [2.75, 3.05) is 0 Å². The van der Waals surface area contributed by atoms with Crippen molar-refractivity contribution >= 4 is 11.7 Å². The molecule has 0 aliphatic rings. The highest BCUT2D eigenvalue weighted by atomic mass is 16.3. The number of benzene rings is 1. The van der Waals surface area contributed by atoms with Crippen LogP contribution in [0.4, 0.5) is 0 Å². The van der Waals surface area contributed by atoms with Gasteiger partial charge in [-0.15, -0.1) is 0 Å². The van der Waals surface area contributed by atoms with Crippen LogP contribution in [-0.2, 0) is 0 Å². The fourth-order valence-electron chi connectivity index (χ4n) is 2.16. The highest BCUT2D eigenvalue weighted by Crippen LogP contribution is 2.21. The summed E-state index contributed by atoms with van der Waals surface area (Å²) in [4.78, 5) is 28.6. The van der Waals surface area contributed by atoms with Crippen LogP contribution in [-0.4, -0.2) is 31.6 Å². The van der Waals surface area contributed by atoms with E-state index in [0.717, 1.165) is 10.2 Å². The molecular weight excluding hydrogens is 294 g/mol. The molecule has 1 aromatic carbocycles. The first-order valence-corrected chi connectivity index (χ1v) is 6.90. The number of rotatable bonds is 3. The summed E-state index contributed by atoms with van der Waals surface area (Å²) in [6.07, 6.45) is 5.64. The van der Waals surface area contributed by atoms with Gasteiger partial charge in [-0.3, -0.25) is 14.6 Å². The predicted molar refractivity (Wildman–Crippen MR) is 82.5 cm³/mol. The highest BCUT2D eigenvalue weighted by molar-refractivity contribution is 6.11. The van der Waals surface area contributed by atoms with Crippen LogP contribution in [0.3, 0.4) is 0 Å². The number of carbonyl (C=O) groups excluding carboxylic acids is 2. The number of hydrogen-bond acceptors (Lipinski definition) is 5. The molecule has 0 aliphatic carbocycles. The molecule has 0 unspecified atom stereocenters. The van der Waals surface area contributed by atoms with Crippen molar-refractivity contribution < 1.29 is 14.7 Å². The van der Waals surface area contributed by atoms with Crippen molar-refractivity contribution in [3.63, 3.8) is 0 Å². The van der Waals surface area contributed by atoms with Gasteiger partial charge in [0.15, 0.2) is 5.78 Å². The zero-order chi connectivity index (χ0) is 16.4. The highest BCUT2D eigenvalue weighted by Gasteiger charge is 2.18. The van der Waals surface area contributed by atoms with E-state index >= 15 is 0 Å². The van der Waals surface area contributed by atoms with Crippen molar-refractivity contribution in [3.8, 4) is 5.75 Å². The summed E-state index contributed by atoms with van der Waals surface area (Å²) in [5.41, 5.74) is 1.62. The second kappa shape index (κ2) is 5.84. The number of aryl methyl sites for hydroxylation is 1.